The van der Waals surface area contributed by atoms with Crippen LogP contribution in [-0.2, 0) is 11.3 Å². The summed E-state index contributed by atoms with van der Waals surface area (Å²) in [5.41, 5.74) is 6.28. The van der Waals surface area contributed by atoms with E-state index in [0.717, 1.165) is 24.2 Å². The Labute approximate surface area is 195 Å². The Bertz CT molecular complexity index is 1180. The standard InChI is InChI=1S/C28H29N3O2/c1-20-12-13-21(2)25(18-20)29-14-16-30(17-15-29)28(33)26(22-8-4-3-5-9-22)31-19-23-10-6-7-11-24(23)27(31)32/h3-13,18,26H,14-17,19H2,1-2H3. The van der Waals surface area contributed by atoms with Gasteiger partial charge in [0.25, 0.3) is 5.91 Å². The van der Waals surface area contributed by atoms with Crippen LogP contribution >= 0.6 is 0 Å². The van der Waals surface area contributed by atoms with Crippen molar-refractivity contribution in [3.05, 3.63) is 101 Å². The summed E-state index contributed by atoms with van der Waals surface area (Å²) in [6.45, 7) is 7.56. The van der Waals surface area contributed by atoms with Gasteiger partial charge in [-0.3, -0.25) is 9.59 Å². The van der Waals surface area contributed by atoms with Crippen molar-refractivity contribution in [1.82, 2.24) is 9.80 Å². The van der Waals surface area contributed by atoms with E-state index in [4.69, 9.17) is 0 Å². The number of amides is 2. The first kappa shape index (κ1) is 21.3. The fourth-order valence-corrected chi connectivity index (χ4v) is 4.98. The maximum atomic E-state index is 13.9. The second-order valence-electron chi connectivity index (χ2n) is 9.01. The molecule has 5 heteroatoms. The van der Waals surface area contributed by atoms with Crippen LogP contribution in [0.1, 0.15) is 38.7 Å². The minimum atomic E-state index is -0.613. The van der Waals surface area contributed by atoms with Gasteiger partial charge in [0, 0.05) is 44.0 Å². The number of aryl methyl sites for hydroxylation is 2. The van der Waals surface area contributed by atoms with Gasteiger partial charge in [0.05, 0.1) is 0 Å². The average molecular weight is 440 g/mol. The van der Waals surface area contributed by atoms with Crippen LogP contribution in [0.2, 0.25) is 0 Å². The van der Waals surface area contributed by atoms with Crippen LogP contribution < -0.4 is 4.90 Å². The third-order valence-corrected chi connectivity index (χ3v) is 6.81. The van der Waals surface area contributed by atoms with Gasteiger partial charge in [-0.2, -0.15) is 0 Å². The van der Waals surface area contributed by atoms with Gasteiger partial charge in [-0.05, 0) is 48.2 Å². The summed E-state index contributed by atoms with van der Waals surface area (Å²) in [5, 5.41) is 0. The number of carbonyl (C=O) groups excluding carboxylic acids is 2. The molecule has 0 radical (unpaired) electrons. The van der Waals surface area contributed by atoms with Gasteiger partial charge in [0.2, 0.25) is 5.91 Å². The molecule has 0 spiro atoms. The molecule has 3 aromatic carbocycles. The van der Waals surface area contributed by atoms with E-state index in [1.54, 1.807) is 4.90 Å². The first-order chi connectivity index (χ1) is 16.0. The smallest absolute Gasteiger partial charge is 0.255 e. The molecule has 0 aliphatic carbocycles. The largest absolute Gasteiger partial charge is 0.368 e. The average Bonchev–Trinajstić information content (AvgIpc) is 3.18. The summed E-state index contributed by atoms with van der Waals surface area (Å²) >= 11 is 0. The van der Waals surface area contributed by atoms with Crippen LogP contribution in [0, 0.1) is 13.8 Å². The first-order valence-electron chi connectivity index (χ1n) is 11.6. The number of benzene rings is 3. The van der Waals surface area contributed by atoms with E-state index in [9.17, 15) is 9.59 Å². The van der Waals surface area contributed by atoms with Gasteiger partial charge in [0.1, 0.15) is 6.04 Å². The molecule has 33 heavy (non-hydrogen) atoms. The topological polar surface area (TPSA) is 43.9 Å². The molecule has 2 aliphatic rings. The highest BCUT2D eigenvalue weighted by atomic mass is 16.2. The van der Waals surface area contributed by atoms with Gasteiger partial charge in [-0.15, -0.1) is 0 Å². The lowest BCUT2D eigenvalue weighted by Crippen LogP contribution is -2.52. The van der Waals surface area contributed by atoms with Crippen LogP contribution in [0.5, 0.6) is 0 Å². The number of fused-ring (bicyclic) bond motifs is 1. The molecule has 2 amide bonds. The van der Waals surface area contributed by atoms with Crippen molar-refractivity contribution in [2.24, 2.45) is 0 Å². The fraction of sp³-hybridized carbons (Fsp3) is 0.286. The lowest BCUT2D eigenvalue weighted by molar-refractivity contribution is -0.136. The molecule has 0 saturated carbocycles. The minimum Gasteiger partial charge on any atom is -0.368 e. The Balaban J connectivity index is 1.38. The number of rotatable bonds is 4. The second kappa shape index (κ2) is 8.74. The molecule has 168 valence electrons. The maximum absolute atomic E-state index is 13.9. The molecule has 1 saturated heterocycles. The highest BCUT2D eigenvalue weighted by Gasteiger charge is 2.39. The normalized spacial score (nSPS) is 16.7. The van der Waals surface area contributed by atoms with Crippen molar-refractivity contribution in [3.63, 3.8) is 0 Å². The first-order valence-corrected chi connectivity index (χ1v) is 11.6. The number of piperazine rings is 1. The molecule has 2 aliphatic heterocycles. The molecule has 1 atom stereocenters. The summed E-state index contributed by atoms with van der Waals surface area (Å²) in [6, 6.07) is 23.3. The fourth-order valence-electron chi connectivity index (χ4n) is 4.98. The molecule has 5 nitrogen and oxygen atoms in total. The molecule has 0 aromatic heterocycles. The predicted octanol–water partition coefficient (Wildman–Crippen LogP) is 4.35. The molecular formula is C28H29N3O2. The maximum Gasteiger partial charge on any atom is 0.255 e. The monoisotopic (exact) mass is 439 g/mol. The zero-order chi connectivity index (χ0) is 22.9. The molecule has 2 heterocycles. The molecule has 1 fully saturated rings. The molecule has 5 rings (SSSR count). The van der Waals surface area contributed by atoms with Gasteiger partial charge in [-0.1, -0.05) is 60.7 Å². The molecule has 0 N–H and O–H groups in total. The molecule has 0 bridgehead atoms. The molecule has 3 aromatic rings. The molecular weight excluding hydrogens is 410 g/mol. The van der Waals surface area contributed by atoms with Crippen LogP contribution in [0.3, 0.4) is 0 Å². The van der Waals surface area contributed by atoms with E-state index < -0.39 is 6.04 Å². The summed E-state index contributed by atoms with van der Waals surface area (Å²) in [5.74, 6) is -0.0650. The van der Waals surface area contributed by atoms with Gasteiger partial charge in [0.15, 0.2) is 0 Å². The third-order valence-electron chi connectivity index (χ3n) is 6.81. The van der Waals surface area contributed by atoms with Crippen LogP contribution in [0.25, 0.3) is 0 Å². The Kier molecular flexibility index (Phi) is 5.63. The van der Waals surface area contributed by atoms with E-state index in [-0.39, 0.29) is 11.8 Å². The van der Waals surface area contributed by atoms with Crippen LogP contribution in [-0.4, -0.2) is 47.8 Å². The summed E-state index contributed by atoms with van der Waals surface area (Å²) in [7, 11) is 0. The van der Waals surface area contributed by atoms with Crippen molar-refractivity contribution in [1.29, 1.82) is 0 Å². The van der Waals surface area contributed by atoms with Gasteiger partial charge < -0.3 is 14.7 Å². The van der Waals surface area contributed by atoms with Crippen molar-refractivity contribution < 1.29 is 9.59 Å². The van der Waals surface area contributed by atoms with Gasteiger partial charge >= 0.3 is 0 Å². The number of hydrogen-bond donors (Lipinski definition) is 0. The lowest BCUT2D eigenvalue weighted by Gasteiger charge is -2.39. The highest BCUT2D eigenvalue weighted by Crippen LogP contribution is 2.33. The third kappa shape index (κ3) is 3.99. The van der Waals surface area contributed by atoms with Crippen LogP contribution in [0.15, 0.2) is 72.8 Å². The number of nitrogens with zero attached hydrogens (tertiary/aromatic N) is 3. The summed E-state index contributed by atoms with van der Waals surface area (Å²) in [6.07, 6.45) is 0. The van der Waals surface area contributed by atoms with Crippen molar-refractivity contribution in [2.75, 3.05) is 31.1 Å². The Hall–Kier alpha value is -3.60. The van der Waals surface area contributed by atoms with E-state index >= 15 is 0 Å². The summed E-state index contributed by atoms with van der Waals surface area (Å²) in [4.78, 5) is 33.1. The van der Waals surface area contributed by atoms with Crippen molar-refractivity contribution in [3.8, 4) is 0 Å². The molecule has 1 unspecified atom stereocenters. The number of carbonyl (C=O) groups is 2. The number of hydrogen-bond acceptors (Lipinski definition) is 3. The Morgan fingerprint density at radius 3 is 2.27 bits per heavy atom. The SMILES string of the molecule is Cc1ccc(C)c(N2CCN(C(=O)C(c3ccccc3)N3Cc4ccccc4C3=O)CC2)c1. The lowest BCUT2D eigenvalue weighted by atomic mass is 10.0. The Morgan fingerprint density at radius 1 is 0.848 bits per heavy atom. The van der Waals surface area contributed by atoms with E-state index in [1.807, 2.05) is 59.5 Å². The zero-order valence-electron chi connectivity index (χ0n) is 19.2. The minimum absolute atomic E-state index is 0.00275. The van der Waals surface area contributed by atoms with E-state index in [2.05, 4.69) is 36.9 Å². The van der Waals surface area contributed by atoms with E-state index in [0.29, 0.717) is 25.2 Å². The predicted molar refractivity (Wildman–Crippen MR) is 130 cm³/mol. The second-order valence-corrected chi connectivity index (χ2v) is 9.01. The van der Waals surface area contributed by atoms with E-state index in [1.165, 1.54) is 16.8 Å². The Morgan fingerprint density at radius 2 is 1.55 bits per heavy atom. The van der Waals surface area contributed by atoms with Crippen LogP contribution in [0.4, 0.5) is 5.69 Å². The zero-order valence-corrected chi connectivity index (χ0v) is 19.2. The highest BCUT2D eigenvalue weighted by molar-refractivity contribution is 6.01. The van der Waals surface area contributed by atoms with Crippen molar-refractivity contribution >= 4 is 17.5 Å². The summed E-state index contributed by atoms with van der Waals surface area (Å²) < 4.78 is 0. The quantitative estimate of drug-likeness (QED) is 0.607. The van der Waals surface area contributed by atoms with Gasteiger partial charge in [-0.25, -0.2) is 0 Å². The number of anilines is 1. The van der Waals surface area contributed by atoms with Crippen molar-refractivity contribution in [2.45, 2.75) is 26.4 Å².